The van der Waals surface area contributed by atoms with Gasteiger partial charge in [-0.1, -0.05) is 0 Å². The molecule has 0 aliphatic heterocycles. The van der Waals surface area contributed by atoms with E-state index in [4.69, 9.17) is 0 Å². The molecule has 1 amide bonds. The van der Waals surface area contributed by atoms with Crippen LogP contribution < -0.4 is 4.72 Å². The summed E-state index contributed by atoms with van der Waals surface area (Å²) in [7, 11) is -1.80. The van der Waals surface area contributed by atoms with Crippen LogP contribution in [0.4, 0.5) is 0 Å². The minimum Gasteiger partial charge on any atom is -0.342 e. The van der Waals surface area contributed by atoms with Gasteiger partial charge in [0.25, 0.3) is 5.91 Å². The smallest absolute Gasteiger partial charge is 0.253 e. The molecule has 0 heterocycles. The Morgan fingerprint density at radius 1 is 1.26 bits per heavy atom. The van der Waals surface area contributed by atoms with Crippen LogP contribution in [0.25, 0.3) is 0 Å². The molecule has 1 aromatic carbocycles. The minimum absolute atomic E-state index is 0.122. The van der Waals surface area contributed by atoms with Gasteiger partial charge in [0.15, 0.2) is 0 Å². The van der Waals surface area contributed by atoms with Gasteiger partial charge in [-0.3, -0.25) is 4.79 Å². The van der Waals surface area contributed by atoms with Crippen molar-refractivity contribution in [3.63, 3.8) is 0 Å². The molecule has 5 nitrogen and oxygen atoms in total. The first-order valence-electron chi connectivity index (χ1n) is 6.15. The van der Waals surface area contributed by atoms with Crippen molar-refractivity contribution >= 4 is 15.9 Å². The third kappa shape index (κ3) is 4.04. The fraction of sp³-hybridized carbons (Fsp3) is 0.462. The summed E-state index contributed by atoms with van der Waals surface area (Å²) in [5.74, 6) is -0.122. The molecule has 0 unspecified atom stereocenters. The highest BCUT2D eigenvalue weighted by molar-refractivity contribution is 7.89. The van der Waals surface area contributed by atoms with Gasteiger partial charge in [0.1, 0.15) is 0 Å². The van der Waals surface area contributed by atoms with E-state index in [2.05, 4.69) is 4.72 Å². The van der Waals surface area contributed by atoms with Crippen LogP contribution in [0.3, 0.4) is 0 Å². The molecule has 0 aliphatic rings. The zero-order valence-corrected chi connectivity index (χ0v) is 12.5. The third-order valence-electron chi connectivity index (χ3n) is 2.62. The Balaban J connectivity index is 2.97. The summed E-state index contributed by atoms with van der Waals surface area (Å²) < 4.78 is 26.3. The maximum absolute atomic E-state index is 11.9. The third-order valence-corrected chi connectivity index (χ3v) is 4.30. The standard InChI is InChI=1S/C13H20N2O3S/c1-5-15(4)13(16)11-6-8-12(9-7-11)19(17,18)14-10(2)3/h6-10,14H,5H2,1-4H3. The Morgan fingerprint density at radius 3 is 2.21 bits per heavy atom. The lowest BCUT2D eigenvalue weighted by atomic mass is 10.2. The number of carbonyl (C=O) groups excluding carboxylic acids is 1. The first-order valence-corrected chi connectivity index (χ1v) is 7.64. The number of nitrogens with one attached hydrogen (secondary N) is 1. The topological polar surface area (TPSA) is 66.5 Å². The van der Waals surface area contributed by atoms with Crippen LogP contribution in [0.2, 0.25) is 0 Å². The van der Waals surface area contributed by atoms with E-state index in [-0.39, 0.29) is 16.8 Å². The highest BCUT2D eigenvalue weighted by Crippen LogP contribution is 2.12. The number of nitrogens with zero attached hydrogens (tertiary/aromatic N) is 1. The summed E-state index contributed by atoms with van der Waals surface area (Å²) in [5, 5.41) is 0. The summed E-state index contributed by atoms with van der Waals surface area (Å²) in [4.78, 5) is 13.6. The lowest BCUT2D eigenvalue weighted by molar-refractivity contribution is 0.0802. The molecule has 0 radical (unpaired) electrons. The number of amides is 1. The van der Waals surface area contributed by atoms with Crippen molar-refractivity contribution < 1.29 is 13.2 Å². The van der Waals surface area contributed by atoms with Gasteiger partial charge in [-0.05, 0) is 45.0 Å². The van der Waals surface area contributed by atoms with Crippen LogP contribution in [-0.4, -0.2) is 38.9 Å². The number of hydrogen-bond acceptors (Lipinski definition) is 3. The molecule has 0 bridgehead atoms. The van der Waals surface area contributed by atoms with Gasteiger partial charge >= 0.3 is 0 Å². The minimum atomic E-state index is -3.50. The van der Waals surface area contributed by atoms with Crippen molar-refractivity contribution in [3.8, 4) is 0 Å². The summed E-state index contributed by atoms with van der Waals surface area (Å²) in [6.07, 6.45) is 0. The van der Waals surface area contributed by atoms with E-state index in [1.165, 1.54) is 24.3 Å². The van der Waals surface area contributed by atoms with Gasteiger partial charge in [-0.15, -0.1) is 0 Å². The van der Waals surface area contributed by atoms with E-state index < -0.39 is 10.0 Å². The predicted molar refractivity (Wildman–Crippen MR) is 74.5 cm³/mol. The average molecular weight is 284 g/mol. The van der Waals surface area contributed by atoms with E-state index in [9.17, 15) is 13.2 Å². The Bertz CT molecular complexity index is 536. The van der Waals surface area contributed by atoms with Crippen LogP contribution in [0.5, 0.6) is 0 Å². The van der Waals surface area contributed by atoms with Crippen molar-refractivity contribution in [2.24, 2.45) is 0 Å². The summed E-state index contributed by atoms with van der Waals surface area (Å²) in [5.41, 5.74) is 0.479. The van der Waals surface area contributed by atoms with Gasteiger partial charge in [-0.25, -0.2) is 13.1 Å². The molecule has 1 N–H and O–H groups in total. The van der Waals surface area contributed by atoms with Gasteiger partial charge in [0.05, 0.1) is 4.90 Å². The Kier molecular flexibility index (Phi) is 5.08. The fourth-order valence-corrected chi connectivity index (χ4v) is 2.77. The van der Waals surface area contributed by atoms with Crippen molar-refractivity contribution in [1.29, 1.82) is 0 Å². The molecule has 19 heavy (non-hydrogen) atoms. The number of sulfonamides is 1. The first-order chi connectivity index (χ1) is 8.77. The lowest BCUT2D eigenvalue weighted by Gasteiger charge is -2.15. The van der Waals surface area contributed by atoms with Crippen LogP contribution in [0, 0.1) is 0 Å². The molecule has 1 rings (SSSR count). The first kappa shape index (κ1) is 15.7. The quantitative estimate of drug-likeness (QED) is 0.890. The van der Waals surface area contributed by atoms with Crippen molar-refractivity contribution in [3.05, 3.63) is 29.8 Å². The van der Waals surface area contributed by atoms with E-state index in [1.807, 2.05) is 6.92 Å². The zero-order valence-electron chi connectivity index (χ0n) is 11.7. The van der Waals surface area contributed by atoms with E-state index >= 15 is 0 Å². The molecule has 0 atom stereocenters. The van der Waals surface area contributed by atoms with E-state index in [0.29, 0.717) is 12.1 Å². The van der Waals surface area contributed by atoms with E-state index in [0.717, 1.165) is 0 Å². The number of hydrogen-bond donors (Lipinski definition) is 1. The molecule has 0 aromatic heterocycles. The number of carbonyl (C=O) groups is 1. The molecule has 0 saturated carbocycles. The van der Waals surface area contributed by atoms with Gasteiger partial charge in [-0.2, -0.15) is 0 Å². The van der Waals surface area contributed by atoms with Crippen molar-refractivity contribution in [2.75, 3.05) is 13.6 Å². The Morgan fingerprint density at radius 2 is 1.79 bits per heavy atom. The van der Waals surface area contributed by atoms with Crippen molar-refractivity contribution in [1.82, 2.24) is 9.62 Å². The summed E-state index contributed by atoms with van der Waals surface area (Å²) >= 11 is 0. The Labute approximate surface area is 114 Å². The number of benzene rings is 1. The van der Waals surface area contributed by atoms with Crippen LogP contribution >= 0.6 is 0 Å². The summed E-state index contributed by atoms with van der Waals surface area (Å²) in [6, 6.07) is 5.79. The van der Waals surface area contributed by atoms with Gasteiger partial charge in [0.2, 0.25) is 10.0 Å². The van der Waals surface area contributed by atoms with E-state index in [1.54, 1.807) is 25.8 Å². The second kappa shape index (κ2) is 6.16. The SMILES string of the molecule is CCN(C)C(=O)c1ccc(S(=O)(=O)NC(C)C)cc1. The van der Waals surface area contributed by atoms with Crippen LogP contribution in [0.1, 0.15) is 31.1 Å². The van der Waals surface area contributed by atoms with Gasteiger partial charge in [0, 0.05) is 25.2 Å². The average Bonchev–Trinajstić information content (AvgIpc) is 2.35. The molecule has 0 fully saturated rings. The molecular weight excluding hydrogens is 264 g/mol. The second-order valence-electron chi connectivity index (χ2n) is 4.62. The van der Waals surface area contributed by atoms with Crippen molar-refractivity contribution in [2.45, 2.75) is 31.7 Å². The zero-order chi connectivity index (χ0) is 14.6. The lowest BCUT2D eigenvalue weighted by Crippen LogP contribution is -2.30. The fourth-order valence-electron chi connectivity index (χ4n) is 1.52. The highest BCUT2D eigenvalue weighted by Gasteiger charge is 2.16. The van der Waals surface area contributed by atoms with Crippen LogP contribution in [0.15, 0.2) is 29.2 Å². The molecular formula is C13H20N2O3S. The predicted octanol–water partition coefficient (Wildman–Crippen LogP) is 1.47. The molecule has 0 saturated heterocycles. The second-order valence-corrected chi connectivity index (χ2v) is 6.33. The maximum atomic E-state index is 11.9. The van der Waals surface area contributed by atoms with Gasteiger partial charge < -0.3 is 4.90 Å². The Hall–Kier alpha value is -1.40. The normalized spacial score (nSPS) is 11.6. The molecule has 6 heteroatoms. The number of rotatable bonds is 5. The van der Waals surface area contributed by atoms with Crippen LogP contribution in [-0.2, 0) is 10.0 Å². The highest BCUT2D eigenvalue weighted by atomic mass is 32.2. The summed E-state index contributed by atoms with van der Waals surface area (Å²) in [6.45, 7) is 5.99. The largest absolute Gasteiger partial charge is 0.342 e. The monoisotopic (exact) mass is 284 g/mol. The molecule has 106 valence electrons. The molecule has 1 aromatic rings. The maximum Gasteiger partial charge on any atom is 0.253 e. The molecule has 0 aliphatic carbocycles. The molecule has 0 spiro atoms.